The van der Waals surface area contributed by atoms with E-state index in [-0.39, 0.29) is 23.0 Å². The smallest absolute Gasteiger partial charge is 0.237 e. The van der Waals surface area contributed by atoms with Crippen molar-refractivity contribution in [3.63, 3.8) is 0 Å². The number of nitrogens with one attached hydrogen (secondary N) is 2. The Labute approximate surface area is 177 Å². The summed E-state index contributed by atoms with van der Waals surface area (Å²) in [4.78, 5) is 26.2. The van der Waals surface area contributed by atoms with Gasteiger partial charge >= 0.3 is 0 Å². The van der Waals surface area contributed by atoms with Crippen LogP contribution < -0.4 is 10.6 Å². The highest BCUT2D eigenvalue weighted by atomic mass is 32.2. The predicted molar refractivity (Wildman–Crippen MR) is 122 cm³/mol. The summed E-state index contributed by atoms with van der Waals surface area (Å²) >= 11 is 1.50. The van der Waals surface area contributed by atoms with E-state index < -0.39 is 0 Å². The van der Waals surface area contributed by atoms with E-state index in [0.717, 1.165) is 53.1 Å². The third kappa shape index (κ3) is 5.86. The van der Waals surface area contributed by atoms with Gasteiger partial charge in [0, 0.05) is 22.2 Å². The summed E-state index contributed by atoms with van der Waals surface area (Å²) in [5, 5.41) is 5.86. The van der Waals surface area contributed by atoms with Crippen LogP contribution in [-0.2, 0) is 9.59 Å². The van der Waals surface area contributed by atoms with Crippen molar-refractivity contribution in [2.45, 2.75) is 63.0 Å². The minimum absolute atomic E-state index is 0.0240. The standard InChI is InChI=1S/C24H30N2O2S/c1-16-9-7-10-17(2)22(16)26-23(27)18(3)29-21-14-8-13-20(15-21)25-24(28)19-11-5-4-6-12-19/h7-10,13-15,18-19H,4-6,11-12H2,1-3H3,(H,25,28)(H,26,27). The molecule has 0 aromatic heterocycles. The second kappa shape index (κ2) is 9.97. The third-order valence-electron chi connectivity index (χ3n) is 5.49. The highest BCUT2D eigenvalue weighted by molar-refractivity contribution is 8.00. The SMILES string of the molecule is Cc1cccc(C)c1NC(=O)C(C)Sc1cccc(NC(=O)C2CCCCC2)c1. The van der Waals surface area contributed by atoms with Crippen molar-refractivity contribution < 1.29 is 9.59 Å². The lowest BCUT2D eigenvalue weighted by Crippen LogP contribution is -2.24. The number of hydrogen-bond donors (Lipinski definition) is 2. The average Bonchev–Trinajstić information content (AvgIpc) is 2.71. The fourth-order valence-corrected chi connectivity index (χ4v) is 4.68. The van der Waals surface area contributed by atoms with Crippen LogP contribution in [0.3, 0.4) is 0 Å². The lowest BCUT2D eigenvalue weighted by atomic mass is 9.88. The molecule has 0 saturated heterocycles. The number of carbonyl (C=O) groups excluding carboxylic acids is 2. The molecule has 0 spiro atoms. The lowest BCUT2D eigenvalue weighted by Gasteiger charge is -2.21. The Morgan fingerprint density at radius 1 is 0.966 bits per heavy atom. The summed E-state index contributed by atoms with van der Waals surface area (Å²) in [6.07, 6.45) is 5.48. The number of rotatable bonds is 6. The normalized spacial score (nSPS) is 15.6. The lowest BCUT2D eigenvalue weighted by molar-refractivity contribution is -0.120. The van der Waals surface area contributed by atoms with E-state index in [9.17, 15) is 9.59 Å². The summed E-state index contributed by atoms with van der Waals surface area (Å²) in [6, 6.07) is 13.8. The van der Waals surface area contributed by atoms with Gasteiger partial charge in [0.25, 0.3) is 0 Å². The zero-order valence-corrected chi connectivity index (χ0v) is 18.3. The molecule has 154 valence electrons. The van der Waals surface area contributed by atoms with Gasteiger partial charge in [-0.1, -0.05) is 43.5 Å². The topological polar surface area (TPSA) is 58.2 Å². The van der Waals surface area contributed by atoms with Gasteiger partial charge in [-0.3, -0.25) is 9.59 Å². The largest absolute Gasteiger partial charge is 0.326 e. The molecule has 1 atom stereocenters. The van der Waals surface area contributed by atoms with Crippen molar-refractivity contribution in [1.82, 2.24) is 0 Å². The van der Waals surface area contributed by atoms with E-state index in [2.05, 4.69) is 10.6 Å². The average molecular weight is 411 g/mol. The minimum atomic E-state index is -0.252. The molecule has 2 N–H and O–H groups in total. The van der Waals surface area contributed by atoms with Gasteiger partial charge in [0.1, 0.15) is 0 Å². The summed E-state index contributed by atoms with van der Waals surface area (Å²) in [6.45, 7) is 5.90. The fraction of sp³-hybridized carbons (Fsp3) is 0.417. The molecule has 5 heteroatoms. The molecule has 2 aromatic carbocycles. The van der Waals surface area contributed by atoms with Gasteiger partial charge in [0.2, 0.25) is 11.8 Å². The molecule has 0 heterocycles. The zero-order chi connectivity index (χ0) is 20.8. The van der Waals surface area contributed by atoms with Gasteiger partial charge in [-0.2, -0.15) is 0 Å². The molecule has 0 bridgehead atoms. The highest BCUT2D eigenvalue weighted by Crippen LogP contribution is 2.29. The molecular formula is C24H30N2O2S. The van der Waals surface area contributed by atoms with Gasteiger partial charge < -0.3 is 10.6 Å². The highest BCUT2D eigenvalue weighted by Gasteiger charge is 2.21. The van der Waals surface area contributed by atoms with E-state index in [1.54, 1.807) is 0 Å². The second-order valence-corrected chi connectivity index (χ2v) is 9.28. The predicted octanol–water partition coefficient (Wildman–Crippen LogP) is 5.94. The van der Waals surface area contributed by atoms with Gasteiger partial charge in [-0.15, -0.1) is 11.8 Å². The monoisotopic (exact) mass is 410 g/mol. The van der Waals surface area contributed by atoms with Gasteiger partial charge in [-0.05, 0) is 62.9 Å². The van der Waals surface area contributed by atoms with E-state index in [4.69, 9.17) is 0 Å². The van der Waals surface area contributed by atoms with E-state index >= 15 is 0 Å². The number of anilines is 2. The van der Waals surface area contributed by atoms with Gasteiger partial charge in [-0.25, -0.2) is 0 Å². The maximum Gasteiger partial charge on any atom is 0.237 e. The second-order valence-electron chi connectivity index (χ2n) is 7.87. The minimum Gasteiger partial charge on any atom is -0.326 e. The summed E-state index contributed by atoms with van der Waals surface area (Å²) < 4.78 is 0. The molecule has 4 nitrogen and oxygen atoms in total. The summed E-state index contributed by atoms with van der Waals surface area (Å²) in [7, 11) is 0. The first-order valence-electron chi connectivity index (χ1n) is 10.4. The molecule has 1 unspecified atom stereocenters. The maximum absolute atomic E-state index is 12.7. The van der Waals surface area contributed by atoms with Crippen molar-refractivity contribution in [3.05, 3.63) is 53.6 Å². The molecule has 3 rings (SSSR count). The van der Waals surface area contributed by atoms with Crippen LogP contribution in [0.15, 0.2) is 47.4 Å². The van der Waals surface area contributed by atoms with Crippen LogP contribution in [0.5, 0.6) is 0 Å². The maximum atomic E-state index is 12.7. The van der Waals surface area contributed by atoms with Crippen LogP contribution in [0.2, 0.25) is 0 Å². The first kappa shape index (κ1) is 21.4. The molecule has 29 heavy (non-hydrogen) atoms. The molecule has 0 aliphatic heterocycles. The van der Waals surface area contributed by atoms with Crippen LogP contribution in [0, 0.1) is 19.8 Å². The van der Waals surface area contributed by atoms with Crippen molar-refractivity contribution >= 4 is 35.0 Å². The van der Waals surface area contributed by atoms with Crippen LogP contribution in [0.4, 0.5) is 11.4 Å². The van der Waals surface area contributed by atoms with Crippen LogP contribution in [-0.4, -0.2) is 17.1 Å². The first-order chi connectivity index (χ1) is 13.9. The van der Waals surface area contributed by atoms with E-state index in [1.807, 2.05) is 63.2 Å². The van der Waals surface area contributed by atoms with Crippen LogP contribution >= 0.6 is 11.8 Å². The Kier molecular flexibility index (Phi) is 7.37. The molecule has 1 aliphatic carbocycles. The molecule has 2 amide bonds. The molecule has 1 saturated carbocycles. The molecule has 2 aromatic rings. The van der Waals surface area contributed by atoms with Crippen LogP contribution in [0.1, 0.15) is 50.2 Å². The number of hydrogen-bond acceptors (Lipinski definition) is 3. The van der Waals surface area contributed by atoms with E-state index in [0.29, 0.717) is 0 Å². The van der Waals surface area contributed by atoms with Gasteiger partial charge in [0.15, 0.2) is 0 Å². The van der Waals surface area contributed by atoms with Gasteiger partial charge in [0.05, 0.1) is 5.25 Å². The number of aryl methyl sites for hydroxylation is 2. The molecule has 1 fully saturated rings. The number of para-hydroxylation sites is 1. The Morgan fingerprint density at radius 2 is 1.62 bits per heavy atom. The Bertz CT molecular complexity index is 855. The molecular weight excluding hydrogens is 380 g/mol. The quantitative estimate of drug-likeness (QED) is 0.579. The number of thioether (sulfide) groups is 1. The Hall–Kier alpha value is -2.27. The van der Waals surface area contributed by atoms with Crippen LogP contribution in [0.25, 0.3) is 0 Å². The Balaban J connectivity index is 1.60. The van der Waals surface area contributed by atoms with Crippen molar-refractivity contribution in [2.24, 2.45) is 5.92 Å². The van der Waals surface area contributed by atoms with E-state index in [1.165, 1.54) is 18.2 Å². The summed E-state index contributed by atoms with van der Waals surface area (Å²) in [5.41, 5.74) is 3.80. The van der Waals surface area contributed by atoms with Crippen molar-refractivity contribution in [3.8, 4) is 0 Å². The number of carbonyl (C=O) groups is 2. The zero-order valence-electron chi connectivity index (χ0n) is 17.5. The number of benzene rings is 2. The third-order valence-corrected chi connectivity index (χ3v) is 6.58. The van der Waals surface area contributed by atoms with Crippen molar-refractivity contribution in [1.29, 1.82) is 0 Å². The summed E-state index contributed by atoms with van der Waals surface area (Å²) in [5.74, 6) is 0.221. The first-order valence-corrected chi connectivity index (χ1v) is 11.3. The Morgan fingerprint density at radius 3 is 2.31 bits per heavy atom. The number of amides is 2. The van der Waals surface area contributed by atoms with Crippen molar-refractivity contribution in [2.75, 3.05) is 10.6 Å². The molecule has 0 radical (unpaired) electrons. The molecule has 1 aliphatic rings. The fourth-order valence-electron chi connectivity index (χ4n) is 3.75.